The van der Waals surface area contributed by atoms with E-state index in [1.54, 1.807) is 11.3 Å². The molecule has 68 valence electrons. The topological polar surface area (TPSA) is 24.9 Å². The van der Waals surface area contributed by atoms with Crippen LogP contribution in [0.5, 0.6) is 0 Å². The molecule has 1 heterocycles. The van der Waals surface area contributed by atoms with Gasteiger partial charge < -0.3 is 5.32 Å². The lowest BCUT2D eigenvalue weighted by atomic mass is 10.3. The third-order valence-corrected chi connectivity index (χ3v) is 2.60. The fourth-order valence-electron chi connectivity index (χ4n) is 1.19. The molecule has 1 N–H and O–H groups in total. The highest BCUT2D eigenvalue weighted by atomic mass is 32.1. The molecule has 2 rings (SSSR count). The van der Waals surface area contributed by atoms with Crippen molar-refractivity contribution in [1.82, 2.24) is 10.3 Å². The Bertz CT molecular complexity index is 289. The minimum Gasteiger partial charge on any atom is -0.319 e. The van der Waals surface area contributed by atoms with Gasteiger partial charge >= 0.3 is 0 Å². The first kappa shape index (κ1) is 8.53. The summed E-state index contributed by atoms with van der Waals surface area (Å²) in [4.78, 5) is 4.19. The summed E-state index contributed by atoms with van der Waals surface area (Å²) in [5, 5.41) is 6.48. The molecule has 2 nitrogen and oxygen atoms in total. The lowest BCUT2D eigenvalue weighted by Crippen LogP contribution is -2.11. The summed E-state index contributed by atoms with van der Waals surface area (Å²) in [6.07, 6.45) is 1.84. The Morgan fingerprint density at radius 3 is 3.15 bits per heavy atom. The molecule has 0 saturated heterocycles. The Morgan fingerprint density at radius 1 is 1.46 bits per heavy atom. The maximum atomic E-state index is 4.19. The van der Waals surface area contributed by atoms with E-state index in [-0.39, 0.29) is 0 Å². The van der Waals surface area contributed by atoms with E-state index >= 15 is 0 Å². The molecule has 0 amide bonds. The average molecular weight is 191 g/mol. The number of aromatic nitrogens is 1. The van der Waals surface area contributed by atoms with Gasteiger partial charge in [-0.2, -0.15) is 23.8 Å². The lowest BCUT2D eigenvalue weighted by molar-refractivity contribution is 0.691. The van der Waals surface area contributed by atoms with E-state index in [0.29, 0.717) is 0 Å². The van der Waals surface area contributed by atoms with Gasteiger partial charge in [0.1, 0.15) is 5.01 Å². The second kappa shape index (κ2) is 4.25. The van der Waals surface area contributed by atoms with Crippen LogP contribution in [-0.2, 0) is 13.1 Å². The molecule has 0 spiro atoms. The summed E-state index contributed by atoms with van der Waals surface area (Å²) in [6, 6.07) is 8.35. The smallest absolute Gasteiger partial charge is 0.106 e. The van der Waals surface area contributed by atoms with Crippen molar-refractivity contribution in [3.05, 3.63) is 46.4 Å². The molecule has 0 atom stereocenters. The number of nitrogens with one attached hydrogen (secondary N) is 1. The summed E-state index contributed by atoms with van der Waals surface area (Å²) in [5.74, 6) is 0. The second-order valence-corrected chi connectivity index (χ2v) is 3.80. The number of hydrogen-bond acceptors (Lipinski definition) is 3. The molecule has 0 bridgehead atoms. The first-order valence-electron chi connectivity index (χ1n) is 4.25. The highest BCUT2D eigenvalue weighted by molar-refractivity contribution is 7.09. The van der Waals surface area contributed by atoms with Crippen molar-refractivity contribution in [1.29, 1.82) is 0 Å². The van der Waals surface area contributed by atoms with Crippen molar-refractivity contribution in [2.75, 3.05) is 0 Å². The van der Waals surface area contributed by atoms with Gasteiger partial charge in [0.15, 0.2) is 0 Å². The van der Waals surface area contributed by atoms with Crippen molar-refractivity contribution in [3.8, 4) is 0 Å². The maximum absolute atomic E-state index is 4.19. The van der Waals surface area contributed by atoms with E-state index < -0.39 is 0 Å². The molecular formula is C10H11N2S-. The SMILES string of the molecule is c1cc(CNCc2nccs2)c[cH-]1. The summed E-state index contributed by atoms with van der Waals surface area (Å²) in [6.45, 7) is 1.79. The first-order valence-corrected chi connectivity index (χ1v) is 5.13. The quantitative estimate of drug-likeness (QED) is 0.749. The fourth-order valence-corrected chi connectivity index (χ4v) is 1.77. The monoisotopic (exact) mass is 191 g/mol. The summed E-state index contributed by atoms with van der Waals surface area (Å²) < 4.78 is 0. The van der Waals surface area contributed by atoms with Crippen LogP contribution in [0.2, 0.25) is 0 Å². The Morgan fingerprint density at radius 2 is 2.46 bits per heavy atom. The zero-order chi connectivity index (χ0) is 8.93. The molecule has 2 aromatic rings. The number of hydrogen-bond donors (Lipinski definition) is 1. The number of thiazole rings is 1. The molecule has 0 aliphatic heterocycles. The molecule has 3 heteroatoms. The molecule has 0 aliphatic rings. The van der Waals surface area contributed by atoms with E-state index in [0.717, 1.165) is 18.1 Å². The highest BCUT2D eigenvalue weighted by Crippen LogP contribution is 2.04. The van der Waals surface area contributed by atoms with Crippen molar-refractivity contribution < 1.29 is 0 Å². The third-order valence-electron chi connectivity index (χ3n) is 1.82. The van der Waals surface area contributed by atoms with E-state index in [1.165, 1.54) is 5.56 Å². The van der Waals surface area contributed by atoms with Crippen LogP contribution in [0.3, 0.4) is 0 Å². The van der Waals surface area contributed by atoms with E-state index in [4.69, 9.17) is 0 Å². The second-order valence-electron chi connectivity index (χ2n) is 2.82. The molecule has 0 unspecified atom stereocenters. The largest absolute Gasteiger partial charge is 0.319 e. The van der Waals surface area contributed by atoms with Crippen molar-refractivity contribution in [2.45, 2.75) is 13.1 Å². The van der Waals surface area contributed by atoms with E-state index in [9.17, 15) is 0 Å². The van der Waals surface area contributed by atoms with Crippen LogP contribution >= 0.6 is 11.3 Å². The molecule has 0 saturated carbocycles. The zero-order valence-corrected chi connectivity index (χ0v) is 8.05. The number of rotatable bonds is 4. The Hall–Kier alpha value is -1.06. The lowest BCUT2D eigenvalue weighted by Gasteiger charge is -2.04. The molecular weight excluding hydrogens is 180 g/mol. The van der Waals surface area contributed by atoms with E-state index in [2.05, 4.69) is 34.6 Å². The van der Waals surface area contributed by atoms with Gasteiger partial charge in [-0.25, -0.2) is 11.1 Å². The fraction of sp³-hybridized carbons (Fsp3) is 0.200. The van der Waals surface area contributed by atoms with Crippen LogP contribution in [-0.4, -0.2) is 4.98 Å². The Balaban J connectivity index is 1.76. The van der Waals surface area contributed by atoms with Gasteiger partial charge in [-0.1, -0.05) is 0 Å². The van der Waals surface area contributed by atoms with E-state index in [1.807, 2.05) is 11.6 Å². The zero-order valence-electron chi connectivity index (χ0n) is 7.23. The van der Waals surface area contributed by atoms with Crippen molar-refractivity contribution in [2.24, 2.45) is 0 Å². The predicted octanol–water partition coefficient (Wildman–Crippen LogP) is 2.15. The normalized spacial score (nSPS) is 10.5. The van der Waals surface area contributed by atoms with Crippen LogP contribution in [0, 0.1) is 0 Å². The van der Waals surface area contributed by atoms with Crippen LogP contribution in [0.25, 0.3) is 0 Å². The van der Waals surface area contributed by atoms with Crippen LogP contribution in [0.4, 0.5) is 0 Å². The summed E-state index contributed by atoms with van der Waals surface area (Å²) in [7, 11) is 0. The minimum absolute atomic E-state index is 0.864. The van der Waals surface area contributed by atoms with Gasteiger partial charge in [-0.15, -0.1) is 11.3 Å². The highest BCUT2D eigenvalue weighted by Gasteiger charge is 1.91. The van der Waals surface area contributed by atoms with Crippen molar-refractivity contribution in [3.63, 3.8) is 0 Å². The predicted molar refractivity (Wildman–Crippen MR) is 54.7 cm³/mol. The Kier molecular flexibility index (Phi) is 2.79. The van der Waals surface area contributed by atoms with Gasteiger partial charge in [0.05, 0.1) is 0 Å². The molecule has 0 fully saturated rings. The van der Waals surface area contributed by atoms with Gasteiger partial charge in [0, 0.05) is 18.1 Å². The molecule has 0 radical (unpaired) electrons. The van der Waals surface area contributed by atoms with Gasteiger partial charge in [-0.3, -0.25) is 0 Å². The molecule has 1 aromatic heterocycles. The molecule has 13 heavy (non-hydrogen) atoms. The third kappa shape index (κ3) is 2.44. The Labute approximate surface area is 81.6 Å². The molecule has 0 aliphatic carbocycles. The first-order chi connectivity index (χ1) is 6.45. The summed E-state index contributed by atoms with van der Waals surface area (Å²) in [5.41, 5.74) is 1.33. The van der Waals surface area contributed by atoms with Gasteiger partial charge in [0.25, 0.3) is 0 Å². The van der Waals surface area contributed by atoms with Gasteiger partial charge in [-0.05, 0) is 6.54 Å². The van der Waals surface area contributed by atoms with Crippen molar-refractivity contribution >= 4 is 11.3 Å². The minimum atomic E-state index is 0.864. The standard InChI is InChI=1S/C10H11N2S/c1-2-4-9(3-1)7-11-8-10-12-5-6-13-10/h1-6,11H,7-8H2/q-1. The van der Waals surface area contributed by atoms with Crippen LogP contribution < -0.4 is 5.32 Å². The van der Waals surface area contributed by atoms with Gasteiger partial charge in [0.2, 0.25) is 0 Å². The average Bonchev–Trinajstić information content (AvgIpc) is 2.75. The van der Waals surface area contributed by atoms with Crippen LogP contribution in [0.15, 0.2) is 35.8 Å². The molecule has 1 aromatic carbocycles. The maximum Gasteiger partial charge on any atom is 0.106 e. The van der Waals surface area contributed by atoms with Crippen LogP contribution in [0.1, 0.15) is 10.6 Å². The number of nitrogens with zero attached hydrogens (tertiary/aromatic N) is 1. The summed E-state index contributed by atoms with van der Waals surface area (Å²) >= 11 is 1.69.